The third kappa shape index (κ3) is 2.77. The maximum atomic E-state index is 12.5. The topological polar surface area (TPSA) is 32.7 Å². The van der Waals surface area contributed by atoms with Crippen LogP contribution in [0.3, 0.4) is 0 Å². The molecule has 0 saturated heterocycles. The Morgan fingerprint density at radius 2 is 1.62 bits per heavy atom. The molecule has 0 N–H and O–H groups in total. The summed E-state index contributed by atoms with van der Waals surface area (Å²) >= 11 is 0. The second kappa shape index (κ2) is 5.75. The van der Waals surface area contributed by atoms with Crippen LogP contribution >= 0.6 is 0 Å². The van der Waals surface area contributed by atoms with Crippen molar-refractivity contribution in [1.29, 1.82) is 0 Å². The molecular formula is C18H16N2O. The van der Waals surface area contributed by atoms with Crippen molar-refractivity contribution in [2.75, 3.05) is 5.01 Å². The Morgan fingerprint density at radius 1 is 1.00 bits per heavy atom. The molecule has 1 aliphatic rings. The average Bonchev–Trinajstić information content (AvgIpc) is 2.82. The van der Waals surface area contributed by atoms with Crippen molar-refractivity contribution >= 4 is 17.3 Å². The predicted molar refractivity (Wildman–Crippen MR) is 85.3 cm³/mol. The fourth-order valence-corrected chi connectivity index (χ4v) is 2.33. The molecule has 3 heteroatoms. The van der Waals surface area contributed by atoms with Crippen LogP contribution in [0, 0.1) is 0 Å². The summed E-state index contributed by atoms with van der Waals surface area (Å²) in [4.78, 5) is 12.5. The summed E-state index contributed by atoms with van der Waals surface area (Å²) in [5.41, 5.74) is 3.43. The van der Waals surface area contributed by atoms with Crippen molar-refractivity contribution in [2.24, 2.45) is 5.10 Å². The Kier molecular flexibility index (Phi) is 3.65. The van der Waals surface area contributed by atoms with Gasteiger partial charge in [0, 0.05) is 0 Å². The highest BCUT2D eigenvalue weighted by molar-refractivity contribution is 6.29. The largest absolute Gasteiger partial charge is 0.280 e. The van der Waals surface area contributed by atoms with E-state index < -0.39 is 0 Å². The van der Waals surface area contributed by atoms with Gasteiger partial charge in [0.05, 0.1) is 17.0 Å². The lowest BCUT2D eigenvalue weighted by molar-refractivity contribution is -0.114. The minimum Gasteiger partial charge on any atom is -0.267 e. The van der Waals surface area contributed by atoms with E-state index in [9.17, 15) is 4.79 Å². The Hall–Kier alpha value is -2.68. The van der Waals surface area contributed by atoms with E-state index in [0.29, 0.717) is 5.57 Å². The van der Waals surface area contributed by atoms with E-state index in [4.69, 9.17) is 0 Å². The van der Waals surface area contributed by atoms with Gasteiger partial charge in [-0.1, -0.05) is 54.6 Å². The van der Waals surface area contributed by atoms with Gasteiger partial charge in [0.2, 0.25) is 0 Å². The molecule has 0 fully saturated rings. The molecule has 2 aromatic carbocycles. The highest BCUT2D eigenvalue weighted by Crippen LogP contribution is 2.23. The summed E-state index contributed by atoms with van der Waals surface area (Å²) in [6, 6.07) is 19.6. The van der Waals surface area contributed by atoms with E-state index in [2.05, 4.69) is 17.2 Å². The number of hydrogen-bond donors (Lipinski definition) is 0. The Bertz CT molecular complexity index is 703. The Balaban J connectivity index is 1.82. The standard InChI is InChI=1S/C18H16N2O/c1-14-17(13-12-15-8-4-2-5-9-15)18(21)20(19-14)16-10-6-3-7-11-16/h2-11,13H,12H2,1H3. The Morgan fingerprint density at radius 3 is 2.29 bits per heavy atom. The Labute approximate surface area is 124 Å². The number of rotatable bonds is 3. The zero-order valence-electron chi connectivity index (χ0n) is 11.9. The second-order valence-electron chi connectivity index (χ2n) is 4.95. The van der Waals surface area contributed by atoms with Crippen LogP contribution in [0.1, 0.15) is 12.5 Å². The molecule has 0 aromatic heterocycles. The normalized spacial score (nSPS) is 16.4. The third-order valence-corrected chi connectivity index (χ3v) is 3.45. The molecule has 21 heavy (non-hydrogen) atoms. The molecule has 0 saturated carbocycles. The smallest absolute Gasteiger partial charge is 0.267 e. The number of allylic oxidation sites excluding steroid dienone is 1. The number of nitrogens with zero attached hydrogens (tertiary/aromatic N) is 2. The lowest BCUT2D eigenvalue weighted by Gasteiger charge is -2.10. The number of para-hydroxylation sites is 1. The first-order chi connectivity index (χ1) is 10.3. The molecule has 0 unspecified atom stereocenters. The van der Waals surface area contributed by atoms with Gasteiger partial charge in [-0.15, -0.1) is 0 Å². The van der Waals surface area contributed by atoms with Crippen molar-refractivity contribution in [1.82, 2.24) is 0 Å². The highest BCUT2D eigenvalue weighted by atomic mass is 16.2. The maximum absolute atomic E-state index is 12.5. The zero-order valence-corrected chi connectivity index (χ0v) is 11.9. The van der Waals surface area contributed by atoms with Crippen molar-refractivity contribution in [3.05, 3.63) is 77.9 Å². The van der Waals surface area contributed by atoms with Crippen LogP contribution in [0.25, 0.3) is 0 Å². The van der Waals surface area contributed by atoms with Crippen molar-refractivity contribution in [3.8, 4) is 0 Å². The summed E-state index contributed by atoms with van der Waals surface area (Å²) < 4.78 is 0. The molecule has 3 rings (SSSR count). The number of amides is 1. The monoisotopic (exact) mass is 276 g/mol. The van der Waals surface area contributed by atoms with Gasteiger partial charge in [-0.05, 0) is 31.0 Å². The minimum atomic E-state index is -0.0605. The predicted octanol–water partition coefficient (Wildman–Crippen LogP) is 3.58. The molecule has 0 spiro atoms. The molecule has 2 aromatic rings. The highest BCUT2D eigenvalue weighted by Gasteiger charge is 2.28. The first-order valence-electron chi connectivity index (χ1n) is 6.95. The summed E-state index contributed by atoms with van der Waals surface area (Å²) in [6.45, 7) is 1.87. The average molecular weight is 276 g/mol. The minimum absolute atomic E-state index is 0.0605. The number of carbonyl (C=O) groups is 1. The van der Waals surface area contributed by atoms with E-state index in [1.54, 1.807) is 0 Å². The van der Waals surface area contributed by atoms with Gasteiger partial charge in [0.1, 0.15) is 0 Å². The van der Waals surface area contributed by atoms with Crippen LogP contribution < -0.4 is 5.01 Å². The van der Waals surface area contributed by atoms with Gasteiger partial charge in [-0.25, -0.2) is 0 Å². The van der Waals surface area contributed by atoms with Gasteiger partial charge < -0.3 is 0 Å². The van der Waals surface area contributed by atoms with Crippen molar-refractivity contribution < 1.29 is 4.79 Å². The molecule has 0 radical (unpaired) electrons. The third-order valence-electron chi connectivity index (χ3n) is 3.45. The fraction of sp³-hybridized carbons (Fsp3) is 0.111. The van der Waals surface area contributed by atoms with Crippen LogP contribution in [0.5, 0.6) is 0 Å². The summed E-state index contributed by atoms with van der Waals surface area (Å²) in [5, 5.41) is 5.83. The number of benzene rings is 2. The molecule has 0 bridgehead atoms. The van der Waals surface area contributed by atoms with E-state index in [1.165, 1.54) is 10.6 Å². The molecule has 0 aliphatic carbocycles. The van der Waals surface area contributed by atoms with Gasteiger partial charge in [0.15, 0.2) is 0 Å². The van der Waals surface area contributed by atoms with Gasteiger partial charge in [0.25, 0.3) is 5.91 Å². The van der Waals surface area contributed by atoms with Gasteiger partial charge in [-0.2, -0.15) is 10.1 Å². The lowest BCUT2D eigenvalue weighted by atomic mass is 10.1. The summed E-state index contributed by atoms with van der Waals surface area (Å²) in [7, 11) is 0. The quantitative estimate of drug-likeness (QED) is 0.789. The van der Waals surface area contributed by atoms with Crippen LogP contribution in [0.15, 0.2) is 77.4 Å². The first kappa shape index (κ1) is 13.3. The molecule has 3 nitrogen and oxygen atoms in total. The first-order valence-corrected chi connectivity index (χ1v) is 6.95. The van der Waals surface area contributed by atoms with Crippen LogP contribution in [0.4, 0.5) is 5.69 Å². The number of hydrogen-bond acceptors (Lipinski definition) is 2. The molecule has 104 valence electrons. The number of hydrazone groups is 1. The zero-order chi connectivity index (χ0) is 14.7. The number of carbonyl (C=O) groups excluding carboxylic acids is 1. The van der Waals surface area contributed by atoms with Crippen LogP contribution in [0.2, 0.25) is 0 Å². The van der Waals surface area contributed by atoms with E-state index >= 15 is 0 Å². The van der Waals surface area contributed by atoms with E-state index in [-0.39, 0.29) is 5.91 Å². The molecule has 1 heterocycles. The second-order valence-corrected chi connectivity index (χ2v) is 4.95. The van der Waals surface area contributed by atoms with Gasteiger partial charge in [-0.3, -0.25) is 4.79 Å². The van der Waals surface area contributed by atoms with Crippen LogP contribution in [-0.2, 0) is 11.2 Å². The van der Waals surface area contributed by atoms with E-state index in [1.807, 2.05) is 61.5 Å². The molecule has 0 atom stereocenters. The summed E-state index contributed by atoms with van der Waals surface area (Å²) in [6.07, 6.45) is 2.69. The fourth-order valence-electron chi connectivity index (χ4n) is 2.33. The van der Waals surface area contributed by atoms with E-state index in [0.717, 1.165) is 17.8 Å². The van der Waals surface area contributed by atoms with Gasteiger partial charge >= 0.3 is 0 Å². The van der Waals surface area contributed by atoms with Crippen LogP contribution in [-0.4, -0.2) is 11.6 Å². The summed E-state index contributed by atoms with van der Waals surface area (Å²) in [5.74, 6) is -0.0605. The molecule has 1 aliphatic heterocycles. The van der Waals surface area contributed by atoms with Crippen molar-refractivity contribution in [2.45, 2.75) is 13.3 Å². The maximum Gasteiger partial charge on any atom is 0.280 e. The lowest BCUT2D eigenvalue weighted by Crippen LogP contribution is -2.21. The van der Waals surface area contributed by atoms with Crippen molar-refractivity contribution in [3.63, 3.8) is 0 Å². The number of anilines is 1. The molecule has 1 amide bonds. The SMILES string of the molecule is CC1=NN(c2ccccc2)C(=O)C1=CCc1ccccc1. The molecular weight excluding hydrogens is 260 g/mol.